The highest BCUT2D eigenvalue weighted by molar-refractivity contribution is 7.32. The SMILES string of the molecule is O=c1cc(-c2ccccc2)sc2c1sc1ccccc12. The standard InChI is InChI=1S/C17H10OS2/c18-13-10-15(11-6-2-1-3-7-11)20-16-12-8-4-5-9-14(12)19-17(13)16/h1-10H. The average molecular weight is 294 g/mol. The minimum absolute atomic E-state index is 0.124. The number of hydrogen-bond donors (Lipinski definition) is 0. The van der Waals surface area contributed by atoms with Gasteiger partial charge in [0.05, 0.1) is 9.40 Å². The quantitative estimate of drug-likeness (QED) is 0.475. The molecule has 0 aliphatic rings. The van der Waals surface area contributed by atoms with E-state index in [1.54, 1.807) is 28.7 Å². The molecule has 0 unspecified atom stereocenters. The van der Waals surface area contributed by atoms with Crippen molar-refractivity contribution in [2.75, 3.05) is 0 Å². The molecule has 1 nitrogen and oxygen atoms in total. The maximum Gasteiger partial charge on any atom is 0.198 e. The number of benzene rings is 2. The summed E-state index contributed by atoms with van der Waals surface area (Å²) in [7, 11) is 0. The molecule has 3 heteroatoms. The van der Waals surface area contributed by atoms with Crippen molar-refractivity contribution in [3.05, 3.63) is 70.9 Å². The summed E-state index contributed by atoms with van der Waals surface area (Å²) in [6, 6.07) is 20.1. The second kappa shape index (κ2) is 4.54. The van der Waals surface area contributed by atoms with Gasteiger partial charge in [0.1, 0.15) is 0 Å². The van der Waals surface area contributed by atoms with Crippen LogP contribution in [0.1, 0.15) is 0 Å². The van der Waals surface area contributed by atoms with Gasteiger partial charge in [-0.25, -0.2) is 0 Å². The van der Waals surface area contributed by atoms with E-state index in [1.165, 1.54) is 10.1 Å². The van der Waals surface area contributed by atoms with Gasteiger partial charge >= 0.3 is 0 Å². The van der Waals surface area contributed by atoms with Crippen LogP contribution in [0.15, 0.2) is 65.5 Å². The highest BCUT2D eigenvalue weighted by Crippen LogP contribution is 2.37. The van der Waals surface area contributed by atoms with E-state index in [2.05, 4.69) is 12.1 Å². The Morgan fingerprint density at radius 3 is 2.35 bits per heavy atom. The van der Waals surface area contributed by atoms with E-state index >= 15 is 0 Å². The molecule has 20 heavy (non-hydrogen) atoms. The topological polar surface area (TPSA) is 17.1 Å². The van der Waals surface area contributed by atoms with Gasteiger partial charge in [0.15, 0.2) is 5.43 Å². The van der Waals surface area contributed by atoms with E-state index < -0.39 is 0 Å². The molecule has 4 rings (SSSR count). The number of fused-ring (bicyclic) bond motifs is 3. The van der Waals surface area contributed by atoms with Crippen molar-refractivity contribution in [3.8, 4) is 10.4 Å². The second-order valence-corrected chi connectivity index (χ2v) is 6.70. The lowest BCUT2D eigenvalue weighted by atomic mass is 10.2. The summed E-state index contributed by atoms with van der Waals surface area (Å²) in [4.78, 5) is 13.4. The fourth-order valence-corrected chi connectivity index (χ4v) is 4.80. The first kappa shape index (κ1) is 11.8. The smallest absolute Gasteiger partial charge is 0.198 e. The van der Waals surface area contributed by atoms with Gasteiger partial charge in [-0.1, -0.05) is 48.5 Å². The zero-order valence-electron chi connectivity index (χ0n) is 10.5. The molecule has 0 aliphatic carbocycles. The van der Waals surface area contributed by atoms with Crippen LogP contribution in [0, 0.1) is 0 Å². The Balaban J connectivity index is 2.11. The molecule has 2 aromatic carbocycles. The highest BCUT2D eigenvalue weighted by Gasteiger charge is 2.10. The van der Waals surface area contributed by atoms with Crippen LogP contribution in [0.3, 0.4) is 0 Å². The zero-order valence-corrected chi connectivity index (χ0v) is 12.1. The van der Waals surface area contributed by atoms with Crippen molar-refractivity contribution < 1.29 is 0 Å². The Bertz CT molecular complexity index is 965. The third-order valence-corrected chi connectivity index (χ3v) is 5.82. The first-order valence-electron chi connectivity index (χ1n) is 6.34. The van der Waals surface area contributed by atoms with Crippen LogP contribution in [-0.2, 0) is 0 Å². The predicted octanol–water partition coefficient (Wildman–Crippen LogP) is 5.14. The van der Waals surface area contributed by atoms with Gasteiger partial charge in [-0.2, -0.15) is 0 Å². The van der Waals surface area contributed by atoms with Crippen LogP contribution in [0.4, 0.5) is 0 Å². The molecule has 0 aliphatic heterocycles. The Kier molecular flexibility index (Phi) is 2.69. The molecule has 2 heterocycles. The molecular formula is C17H10OS2. The maximum absolute atomic E-state index is 12.4. The van der Waals surface area contributed by atoms with Crippen LogP contribution in [-0.4, -0.2) is 0 Å². The van der Waals surface area contributed by atoms with E-state index in [4.69, 9.17) is 0 Å². The molecule has 0 fully saturated rings. The fourth-order valence-electron chi connectivity index (χ4n) is 2.35. The highest BCUT2D eigenvalue weighted by atomic mass is 32.1. The first-order valence-corrected chi connectivity index (χ1v) is 7.97. The minimum Gasteiger partial charge on any atom is -0.288 e. The van der Waals surface area contributed by atoms with Crippen molar-refractivity contribution in [1.82, 2.24) is 0 Å². The van der Waals surface area contributed by atoms with E-state index in [9.17, 15) is 4.79 Å². The van der Waals surface area contributed by atoms with Crippen molar-refractivity contribution in [3.63, 3.8) is 0 Å². The van der Waals surface area contributed by atoms with Crippen LogP contribution < -0.4 is 5.43 Å². The summed E-state index contributed by atoms with van der Waals surface area (Å²) in [5.74, 6) is 0. The molecule has 0 spiro atoms. The van der Waals surface area contributed by atoms with Gasteiger partial charge in [0.2, 0.25) is 0 Å². The maximum atomic E-state index is 12.4. The molecule has 0 N–H and O–H groups in total. The summed E-state index contributed by atoms with van der Waals surface area (Å²) >= 11 is 3.29. The van der Waals surface area contributed by atoms with Gasteiger partial charge in [-0.3, -0.25) is 4.79 Å². The summed E-state index contributed by atoms with van der Waals surface area (Å²) in [6.45, 7) is 0. The Labute approximate surface area is 123 Å². The largest absolute Gasteiger partial charge is 0.288 e. The molecular weight excluding hydrogens is 284 g/mol. The molecule has 0 amide bonds. The van der Waals surface area contributed by atoms with Gasteiger partial charge in [-0.15, -0.1) is 22.7 Å². The summed E-state index contributed by atoms with van der Waals surface area (Å²) in [5, 5.41) is 1.19. The van der Waals surface area contributed by atoms with Gasteiger partial charge in [0.25, 0.3) is 0 Å². The minimum atomic E-state index is 0.124. The van der Waals surface area contributed by atoms with E-state index in [1.807, 2.05) is 42.5 Å². The lowest BCUT2D eigenvalue weighted by Gasteiger charge is -2.00. The van der Waals surface area contributed by atoms with Crippen LogP contribution >= 0.6 is 22.7 Å². The predicted molar refractivity (Wildman–Crippen MR) is 88.9 cm³/mol. The third kappa shape index (κ3) is 1.79. The molecule has 0 bridgehead atoms. The van der Waals surface area contributed by atoms with Crippen molar-refractivity contribution in [1.29, 1.82) is 0 Å². The second-order valence-electron chi connectivity index (χ2n) is 4.60. The molecule has 0 radical (unpaired) electrons. The number of thiophene rings is 1. The van der Waals surface area contributed by atoms with Crippen LogP contribution in [0.2, 0.25) is 0 Å². The van der Waals surface area contributed by atoms with E-state index in [-0.39, 0.29) is 5.43 Å². The molecule has 0 saturated carbocycles. The molecule has 2 aromatic heterocycles. The van der Waals surface area contributed by atoms with Gasteiger partial charge in [0, 0.05) is 21.0 Å². The van der Waals surface area contributed by atoms with Crippen molar-refractivity contribution in [2.24, 2.45) is 0 Å². The van der Waals surface area contributed by atoms with Gasteiger partial charge in [-0.05, 0) is 11.6 Å². The summed E-state index contributed by atoms with van der Waals surface area (Å²) < 4.78 is 3.16. The zero-order chi connectivity index (χ0) is 13.5. The van der Waals surface area contributed by atoms with Crippen molar-refractivity contribution in [2.45, 2.75) is 0 Å². The summed E-state index contributed by atoms with van der Waals surface area (Å²) in [6.07, 6.45) is 0. The lowest BCUT2D eigenvalue weighted by molar-refractivity contribution is 1.67. The van der Waals surface area contributed by atoms with E-state index in [0.29, 0.717) is 0 Å². The normalized spacial score (nSPS) is 11.2. The Morgan fingerprint density at radius 2 is 1.50 bits per heavy atom. The van der Waals surface area contributed by atoms with Gasteiger partial charge < -0.3 is 0 Å². The number of rotatable bonds is 1. The lowest BCUT2D eigenvalue weighted by Crippen LogP contribution is -1.95. The average Bonchev–Trinajstić information content (AvgIpc) is 2.88. The summed E-state index contributed by atoms with van der Waals surface area (Å²) in [5.41, 5.74) is 1.23. The molecule has 4 aromatic rings. The van der Waals surface area contributed by atoms with Crippen LogP contribution in [0.25, 0.3) is 29.9 Å². The molecule has 0 saturated heterocycles. The molecule has 96 valence electrons. The Morgan fingerprint density at radius 1 is 0.750 bits per heavy atom. The van der Waals surface area contributed by atoms with Crippen LogP contribution in [0.5, 0.6) is 0 Å². The monoisotopic (exact) mass is 294 g/mol. The van der Waals surface area contributed by atoms with E-state index in [0.717, 1.165) is 19.8 Å². The third-order valence-electron chi connectivity index (χ3n) is 3.31. The first-order chi connectivity index (χ1) is 9.83. The Hall–Kier alpha value is -1.97. The van der Waals surface area contributed by atoms with Crippen molar-refractivity contribution >= 4 is 42.2 Å². The number of hydrogen-bond acceptors (Lipinski definition) is 3. The molecule has 0 atom stereocenters. The fraction of sp³-hybridized carbons (Fsp3) is 0.